The van der Waals surface area contributed by atoms with Crippen molar-refractivity contribution in [2.75, 3.05) is 20.2 Å². The molecular formula is C17H21NO3S. The lowest BCUT2D eigenvalue weighted by atomic mass is 10.2. The van der Waals surface area contributed by atoms with Crippen LogP contribution in [0.25, 0.3) is 0 Å². The number of benzene rings is 2. The third kappa shape index (κ3) is 4.58. The van der Waals surface area contributed by atoms with E-state index in [0.717, 1.165) is 16.9 Å². The Kier molecular flexibility index (Phi) is 5.57. The number of ether oxygens (including phenoxy) is 1. The van der Waals surface area contributed by atoms with Crippen molar-refractivity contribution >= 4 is 10.0 Å². The van der Waals surface area contributed by atoms with Gasteiger partial charge in [0.05, 0.1) is 5.75 Å². The van der Waals surface area contributed by atoms with Crippen LogP contribution in [0.4, 0.5) is 0 Å². The number of hydrogen-bond acceptors (Lipinski definition) is 3. The van der Waals surface area contributed by atoms with Crippen LogP contribution in [0.3, 0.4) is 0 Å². The van der Waals surface area contributed by atoms with Crippen LogP contribution in [0.5, 0.6) is 5.75 Å². The topological polar surface area (TPSA) is 46.6 Å². The fourth-order valence-electron chi connectivity index (χ4n) is 2.04. The summed E-state index contributed by atoms with van der Waals surface area (Å²) >= 11 is 0. The van der Waals surface area contributed by atoms with Crippen LogP contribution < -0.4 is 4.74 Å². The molecule has 2 rings (SSSR count). The van der Waals surface area contributed by atoms with Crippen LogP contribution in [-0.4, -0.2) is 32.9 Å². The van der Waals surface area contributed by atoms with Crippen molar-refractivity contribution in [3.8, 4) is 5.75 Å². The molecule has 0 aromatic heterocycles. The van der Waals surface area contributed by atoms with Gasteiger partial charge in [0.15, 0.2) is 0 Å². The van der Waals surface area contributed by atoms with E-state index in [4.69, 9.17) is 4.74 Å². The monoisotopic (exact) mass is 319 g/mol. The summed E-state index contributed by atoms with van der Waals surface area (Å²) in [5.74, 6) is 0.797. The molecule has 0 saturated heterocycles. The molecule has 0 bridgehead atoms. The maximum atomic E-state index is 12.3. The van der Waals surface area contributed by atoms with Gasteiger partial charge in [0, 0.05) is 13.6 Å². The normalized spacial score (nSPS) is 11.6. The second-order valence-electron chi connectivity index (χ2n) is 5.18. The van der Waals surface area contributed by atoms with Crippen molar-refractivity contribution in [3.63, 3.8) is 0 Å². The summed E-state index contributed by atoms with van der Waals surface area (Å²) in [6, 6.07) is 16.9. The zero-order valence-corrected chi connectivity index (χ0v) is 13.7. The van der Waals surface area contributed by atoms with Crippen LogP contribution in [-0.2, 0) is 15.8 Å². The highest BCUT2D eigenvalue weighted by Crippen LogP contribution is 2.16. The van der Waals surface area contributed by atoms with Gasteiger partial charge in [-0.3, -0.25) is 0 Å². The van der Waals surface area contributed by atoms with E-state index in [1.54, 1.807) is 7.05 Å². The smallest absolute Gasteiger partial charge is 0.218 e. The van der Waals surface area contributed by atoms with E-state index in [-0.39, 0.29) is 5.75 Å². The first kappa shape index (κ1) is 16.5. The Morgan fingerprint density at radius 1 is 1.00 bits per heavy atom. The maximum Gasteiger partial charge on any atom is 0.218 e. The molecular weight excluding hydrogens is 298 g/mol. The second-order valence-corrected chi connectivity index (χ2v) is 7.25. The minimum absolute atomic E-state index is 0.00864. The van der Waals surface area contributed by atoms with E-state index in [2.05, 4.69) is 0 Å². The molecule has 0 unspecified atom stereocenters. The summed E-state index contributed by atoms with van der Waals surface area (Å²) in [7, 11) is -1.74. The molecule has 0 spiro atoms. The summed E-state index contributed by atoms with van der Waals surface area (Å²) in [6.45, 7) is 2.62. The number of sulfonamides is 1. The third-order valence-corrected chi connectivity index (χ3v) is 5.25. The molecule has 0 saturated carbocycles. The van der Waals surface area contributed by atoms with Crippen molar-refractivity contribution in [1.82, 2.24) is 4.31 Å². The van der Waals surface area contributed by atoms with Crippen molar-refractivity contribution < 1.29 is 13.2 Å². The zero-order chi connectivity index (χ0) is 16.0. The first-order valence-corrected chi connectivity index (χ1v) is 8.76. The second kappa shape index (κ2) is 7.42. The van der Waals surface area contributed by atoms with Crippen LogP contribution in [0.1, 0.15) is 11.1 Å². The van der Waals surface area contributed by atoms with Gasteiger partial charge in [0.25, 0.3) is 0 Å². The van der Waals surface area contributed by atoms with Gasteiger partial charge < -0.3 is 4.74 Å². The van der Waals surface area contributed by atoms with Gasteiger partial charge in [-0.1, -0.05) is 48.5 Å². The van der Waals surface area contributed by atoms with Crippen LogP contribution in [0.2, 0.25) is 0 Å². The van der Waals surface area contributed by atoms with E-state index in [1.807, 2.05) is 61.5 Å². The average Bonchev–Trinajstić information content (AvgIpc) is 2.49. The van der Waals surface area contributed by atoms with Crippen LogP contribution in [0, 0.1) is 6.92 Å². The highest BCUT2D eigenvalue weighted by atomic mass is 32.2. The van der Waals surface area contributed by atoms with E-state index >= 15 is 0 Å². The number of rotatable bonds is 7. The highest BCUT2D eigenvalue weighted by molar-refractivity contribution is 7.88. The highest BCUT2D eigenvalue weighted by Gasteiger charge is 2.18. The molecule has 22 heavy (non-hydrogen) atoms. The Morgan fingerprint density at radius 2 is 1.64 bits per heavy atom. The minimum Gasteiger partial charge on any atom is -0.492 e. The number of nitrogens with zero attached hydrogens (tertiary/aromatic N) is 1. The Hall–Kier alpha value is -1.85. The minimum atomic E-state index is -3.32. The van der Waals surface area contributed by atoms with Crippen LogP contribution in [0.15, 0.2) is 54.6 Å². The zero-order valence-electron chi connectivity index (χ0n) is 12.9. The predicted octanol–water partition coefficient (Wildman–Crippen LogP) is 2.84. The lowest BCUT2D eigenvalue weighted by molar-refractivity contribution is 0.285. The summed E-state index contributed by atoms with van der Waals surface area (Å²) in [4.78, 5) is 0. The number of aryl methyl sites for hydroxylation is 1. The van der Waals surface area contributed by atoms with Crippen molar-refractivity contribution in [2.24, 2.45) is 0 Å². The first-order chi connectivity index (χ1) is 10.5. The van der Waals surface area contributed by atoms with Gasteiger partial charge in [-0.2, -0.15) is 0 Å². The van der Waals surface area contributed by atoms with E-state index in [9.17, 15) is 8.42 Å². The fourth-order valence-corrected chi connectivity index (χ4v) is 3.22. The van der Waals surface area contributed by atoms with Gasteiger partial charge in [-0.15, -0.1) is 0 Å². The lowest BCUT2D eigenvalue weighted by Crippen LogP contribution is -2.32. The maximum absolute atomic E-state index is 12.3. The Bertz CT molecular complexity index is 699. The van der Waals surface area contributed by atoms with Gasteiger partial charge in [-0.05, 0) is 24.1 Å². The Balaban J connectivity index is 1.88. The van der Waals surface area contributed by atoms with E-state index in [1.165, 1.54) is 4.31 Å². The van der Waals surface area contributed by atoms with Crippen LogP contribution >= 0.6 is 0 Å². The number of likely N-dealkylation sites (N-methyl/N-ethyl adjacent to an activating group) is 1. The molecule has 0 heterocycles. The molecule has 0 aliphatic carbocycles. The molecule has 4 nitrogen and oxygen atoms in total. The molecule has 0 fully saturated rings. The quantitative estimate of drug-likeness (QED) is 0.788. The van der Waals surface area contributed by atoms with Crippen molar-refractivity contribution in [1.29, 1.82) is 0 Å². The molecule has 0 atom stereocenters. The molecule has 0 radical (unpaired) electrons. The lowest BCUT2D eigenvalue weighted by Gasteiger charge is -2.18. The molecule has 0 aliphatic rings. The summed E-state index contributed by atoms with van der Waals surface area (Å²) < 4.78 is 31.6. The van der Waals surface area contributed by atoms with Gasteiger partial charge in [0.2, 0.25) is 10.0 Å². The largest absolute Gasteiger partial charge is 0.492 e. The number of hydrogen-bond donors (Lipinski definition) is 0. The molecule has 118 valence electrons. The number of para-hydroxylation sites is 1. The summed E-state index contributed by atoms with van der Waals surface area (Å²) in [6.07, 6.45) is 0. The summed E-state index contributed by atoms with van der Waals surface area (Å²) in [5, 5.41) is 0. The van der Waals surface area contributed by atoms with E-state index in [0.29, 0.717) is 13.2 Å². The average molecular weight is 319 g/mol. The fraction of sp³-hybridized carbons (Fsp3) is 0.294. The molecule has 0 amide bonds. The summed E-state index contributed by atoms with van der Waals surface area (Å²) in [5.41, 5.74) is 1.83. The molecule has 0 N–H and O–H groups in total. The Labute approximate surface area is 132 Å². The first-order valence-electron chi connectivity index (χ1n) is 7.15. The Morgan fingerprint density at radius 3 is 2.32 bits per heavy atom. The molecule has 0 aliphatic heterocycles. The van der Waals surface area contributed by atoms with E-state index < -0.39 is 10.0 Å². The predicted molar refractivity (Wildman–Crippen MR) is 88.4 cm³/mol. The molecule has 5 heteroatoms. The van der Waals surface area contributed by atoms with Gasteiger partial charge >= 0.3 is 0 Å². The molecule has 2 aromatic carbocycles. The molecule has 2 aromatic rings. The SMILES string of the molecule is Cc1ccccc1OCCN(C)S(=O)(=O)Cc1ccccc1. The third-order valence-electron chi connectivity index (χ3n) is 3.42. The van der Waals surface area contributed by atoms with Crippen molar-refractivity contribution in [2.45, 2.75) is 12.7 Å². The van der Waals surface area contributed by atoms with Gasteiger partial charge in [0.1, 0.15) is 12.4 Å². The van der Waals surface area contributed by atoms with Crippen molar-refractivity contribution in [3.05, 3.63) is 65.7 Å². The standard InChI is InChI=1S/C17H21NO3S/c1-15-8-6-7-11-17(15)21-13-12-18(2)22(19,20)14-16-9-4-3-5-10-16/h3-11H,12-14H2,1-2H3. The van der Waals surface area contributed by atoms with Gasteiger partial charge in [-0.25, -0.2) is 12.7 Å².